The van der Waals surface area contributed by atoms with Crippen LogP contribution in [-0.2, 0) is 20.3 Å². The van der Waals surface area contributed by atoms with Crippen molar-refractivity contribution in [1.29, 1.82) is 5.26 Å². The van der Waals surface area contributed by atoms with Crippen LogP contribution in [0.4, 0.5) is 13.2 Å². The molecule has 0 bridgehead atoms. The van der Waals surface area contributed by atoms with Crippen LogP contribution in [0, 0.1) is 11.3 Å². The van der Waals surface area contributed by atoms with E-state index >= 15 is 0 Å². The van der Waals surface area contributed by atoms with Crippen molar-refractivity contribution in [3.63, 3.8) is 0 Å². The number of nitrogens with zero attached hydrogens (tertiary/aromatic N) is 2. The Morgan fingerprint density at radius 1 is 1.12 bits per heavy atom. The second-order valence-electron chi connectivity index (χ2n) is 7.54. The summed E-state index contributed by atoms with van der Waals surface area (Å²) < 4.78 is 76.3. The largest absolute Gasteiger partial charge is 0.534 e. The number of halogens is 3. The number of ether oxygens (including phenoxy) is 2. The fourth-order valence-corrected chi connectivity index (χ4v) is 2.95. The molecule has 0 amide bonds. The lowest BCUT2D eigenvalue weighted by Gasteiger charge is -2.21. The molecular weight excluding hydrogens is 453 g/mol. The monoisotopic (exact) mass is 472 g/mol. The van der Waals surface area contributed by atoms with Crippen molar-refractivity contribution in [3.05, 3.63) is 35.5 Å². The maximum absolute atomic E-state index is 12.9. The Balaban J connectivity index is 2.83. The van der Waals surface area contributed by atoms with Crippen LogP contribution >= 0.6 is 0 Å². The summed E-state index contributed by atoms with van der Waals surface area (Å²) in [5, 5.41) is 9.61. The fourth-order valence-electron chi connectivity index (χ4n) is 2.53. The second kappa shape index (κ2) is 8.66. The first kappa shape index (κ1) is 24.9. The predicted molar refractivity (Wildman–Crippen MR) is 107 cm³/mol. The number of hydrogen-bond acceptors (Lipinski definition) is 8. The van der Waals surface area contributed by atoms with Crippen LogP contribution in [0.1, 0.15) is 39.0 Å². The van der Waals surface area contributed by atoms with Gasteiger partial charge in [0.15, 0.2) is 11.5 Å². The molecule has 0 radical (unpaired) electrons. The highest BCUT2D eigenvalue weighted by molar-refractivity contribution is 7.87. The van der Waals surface area contributed by atoms with Gasteiger partial charge < -0.3 is 13.7 Å². The maximum Gasteiger partial charge on any atom is 0.534 e. The molecule has 0 aliphatic heterocycles. The first-order valence-electron chi connectivity index (χ1n) is 8.94. The van der Waals surface area contributed by atoms with E-state index in [1.807, 2.05) is 0 Å². The molecular formula is C20H19F3N2O6S. The van der Waals surface area contributed by atoms with E-state index in [0.717, 1.165) is 6.92 Å². The highest BCUT2D eigenvalue weighted by Gasteiger charge is 2.49. The quantitative estimate of drug-likeness (QED) is 0.277. The van der Waals surface area contributed by atoms with Crippen LogP contribution in [0.3, 0.4) is 0 Å². The first-order chi connectivity index (χ1) is 14.6. The van der Waals surface area contributed by atoms with Crippen LogP contribution in [0.2, 0.25) is 0 Å². The van der Waals surface area contributed by atoms with E-state index < -0.39 is 38.5 Å². The number of alkyl halides is 3. The van der Waals surface area contributed by atoms with Gasteiger partial charge in [0.1, 0.15) is 11.6 Å². The first-order valence-corrected chi connectivity index (χ1v) is 10.3. The van der Waals surface area contributed by atoms with Gasteiger partial charge in [0.25, 0.3) is 5.88 Å². The molecule has 2 aromatic rings. The SMILES string of the molecule is COc1ccc(-c2cc(C(C)(C)C)nc(OS(=O)(=O)C(F)(F)F)c2C#N)cc1OC(C)=O. The number of aromatic nitrogens is 1. The van der Waals surface area contributed by atoms with Gasteiger partial charge >= 0.3 is 21.6 Å². The smallest absolute Gasteiger partial charge is 0.493 e. The van der Waals surface area contributed by atoms with Gasteiger partial charge in [-0.3, -0.25) is 4.79 Å². The predicted octanol–water partition coefficient (Wildman–Crippen LogP) is 4.08. The maximum atomic E-state index is 12.9. The van der Waals surface area contributed by atoms with E-state index in [1.165, 1.54) is 31.4 Å². The van der Waals surface area contributed by atoms with Gasteiger partial charge in [-0.25, -0.2) is 4.98 Å². The number of benzene rings is 1. The molecule has 0 spiro atoms. The number of esters is 1. The van der Waals surface area contributed by atoms with Gasteiger partial charge in [-0.05, 0) is 23.8 Å². The van der Waals surface area contributed by atoms with E-state index in [-0.39, 0.29) is 28.3 Å². The summed E-state index contributed by atoms with van der Waals surface area (Å²) in [7, 11) is -4.75. The molecule has 8 nitrogen and oxygen atoms in total. The van der Waals surface area contributed by atoms with Gasteiger partial charge in [0.05, 0.1) is 12.8 Å². The highest BCUT2D eigenvalue weighted by atomic mass is 32.2. The van der Waals surface area contributed by atoms with Crippen LogP contribution in [-0.4, -0.2) is 32.0 Å². The Morgan fingerprint density at radius 3 is 2.22 bits per heavy atom. The minimum atomic E-state index is -6.08. The molecule has 2 rings (SSSR count). The van der Waals surface area contributed by atoms with E-state index in [4.69, 9.17) is 9.47 Å². The van der Waals surface area contributed by atoms with Crippen molar-refractivity contribution in [3.8, 4) is 34.6 Å². The van der Waals surface area contributed by atoms with Crippen LogP contribution in [0.25, 0.3) is 11.1 Å². The molecule has 1 heterocycles. The minimum absolute atomic E-state index is 0.0131. The van der Waals surface area contributed by atoms with E-state index in [9.17, 15) is 31.6 Å². The molecule has 1 aromatic carbocycles. The summed E-state index contributed by atoms with van der Waals surface area (Å²) >= 11 is 0. The summed E-state index contributed by atoms with van der Waals surface area (Å²) in [6.07, 6.45) is 0. The molecule has 0 unspecified atom stereocenters. The molecule has 0 N–H and O–H groups in total. The van der Waals surface area contributed by atoms with Gasteiger partial charge in [0.2, 0.25) is 0 Å². The number of rotatable bonds is 5. The Labute approximate surface area is 182 Å². The zero-order valence-corrected chi connectivity index (χ0v) is 18.5. The third kappa shape index (κ3) is 5.28. The average Bonchev–Trinajstić information content (AvgIpc) is 2.65. The van der Waals surface area contributed by atoms with Crippen molar-refractivity contribution in [2.75, 3.05) is 7.11 Å². The van der Waals surface area contributed by atoms with E-state index in [2.05, 4.69) is 9.17 Å². The van der Waals surface area contributed by atoms with E-state index in [1.54, 1.807) is 26.8 Å². The van der Waals surface area contributed by atoms with Crippen LogP contribution in [0.5, 0.6) is 17.4 Å². The van der Waals surface area contributed by atoms with Crippen molar-refractivity contribution in [2.24, 2.45) is 0 Å². The van der Waals surface area contributed by atoms with E-state index in [0.29, 0.717) is 0 Å². The van der Waals surface area contributed by atoms with Crippen molar-refractivity contribution >= 4 is 16.1 Å². The van der Waals surface area contributed by atoms with Crippen molar-refractivity contribution in [1.82, 2.24) is 4.98 Å². The molecule has 0 fully saturated rings. The normalized spacial score (nSPS) is 12.1. The summed E-state index contributed by atoms with van der Waals surface area (Å²) in [6, 6.07) is 7.26. The van der Waals surface area contributed by atoms with Gasteiger partial charge in [-0.15, -0.1) is 0 Å². The molecule has 32 heavy (non-hydrogen) atoms. The van der Waals surface area contributed by atoms with Crippen LogP contribution in [0.15, 0.2) is 24.3 Å². The Morgan fingerprint density at radius 2 is 1.75 bits per heavy atom. The number of carbonyl (C=O) groups is 1. The lowest BCUT2D eigenvalue weighted by molar-refractivity contribution is -0.132. The fraction of sp³-hybridized carbons (Fsp3) is 0.350. The van der Waals surface area contributed by atoms with Gasteiger partial charge in [-0.1, -0.05) is 26.8 Å². The molecule has 0 atom stereocenters. The van der Waals surface area contributed by atoms with Gasteiger partial charge in [-0.2, -0.15) is 26.9 Å². The standard InChI is InChI=1S/C20H19F3N2O6S/c1-11(26)30-16-8-12(6-7-15(16)29-5)13-9-17(19(2,3)4)25-18(14(13)10-24)31-32(27,28)20(21,22)23/h6-9H,1-5H3. The molecule has 0 saturated heterocycles. The zero-order valence-electron chi connectivity index (χ0n) is 17.7. The lowest BCUT2D eigenvalue weighted by atomic mass is 9.88. The van der Waals surface area contributed by atoms with Crippen molar-refractivity contribution < 1.29 is 40.0 Å². The third-order valence-corrected chi connectivity index (χ3v) is 5.01. The summed E-state index contributed by atoms with van der Waals surface area (Å²) in [6.45, 7) is 6.22. The number of carbonyl (C=O) groups excluding carboxylic acids is 1. The summed E-state index contributed by atoms with van der Waals surface area (Å²) in [5.74, 6) is -1.51. The van der Waals surface area contributed by atoms with Gasteiger partial charge in [0, 0.05) is 17.9 Å². The zero-order chi connectivity index (χ0) is 24.5. The summed E-state index contributed by atoms with van der Waals surface area (Å²) in [5.41, 5.74) is -6.62. The molecule has 172 valence electrons. The Bertz CT molecular complexity index is 1200. The molecule has 12 heteroatoms. The second-order valence-corrected chi connectivity index (χ2v) is 9.08. The molecule has 0 saturated carbocycles. The number of nitriles is 1. The number of pyridine rings is 1. The summed E-state index contributed by atoms with van der Waals surface area (Å²) in [4.78, 5) is 15.3. The Kier molecular flexibility index (Phi) is 6.75. The number of methoxy groups -OCH3 is 1. The minimum Gasteiger partial charge on any atom is -0.493 e. The van der Waals surface area contributed by atoms with Crippen LogP contribution < -0.4 is 13.7 Å². The molecule has 1 aromatic heterocycles. The lowest BCUT2D eigenvalue weighted by Crippen LogP contribution is -2.29. The highest BCUT2D eigenvalue weighted by Crippen LogP contribution is 2.39. The number of hydrogen-bond donors (Lipinski definition) is 0. The van der Waals surface area contributed by atoms with Crippen molar-refractivity contribution in [2.45, 2.75) is 38.6 Å². The molecule has 0 aliphatic carbocycles. The average molecular weight is 472 g/mol. The Hall–Kier alpha value is -3.33. The topological polar surface area (TPSA) is 116 Å². The third-order valence-electron chi connectivity index (χ3n) is 4.07. The molecule has 0 aliphatic rings.